The Balaban J connectivity index is 1.88. The molecule has 0 saturated heterocycles. The van der Waals surface area contributed by atoms with Crippen molar-refractivity contribution in [2.75, 3.05) is 7.11 Å². The molecule has 1 atom stereocenters. The molecule has 0 fully saturated rings. The fourth-order valence-corrected chi connectivity index (χ4v) is 2.69. The fourth-order valence-electron chi connectivity index (χ4n) is 1.99. The van der Waals surface area contributed by atoms with Crippen molar-refractivity contribution < 1.29 is 18.7 Å². The van der Waals surface area contributed by atoms with Gasteiger partial charge < -0.3 is 14.5 Å². The summed E-state index contributed by atoms with van der Waals surface area (Å²) in [6.45, 7) is 5.28. The lowest BCUT2D eigenvalue weighted by Crippen LogP contribution is -2.45. The predicted molar refractivity (Wildman–Crippen MR) is 97.2 cm³/mol. The van der Waals surface area contributed by atoms with Gasteiger partial charge in [0.2, 0.25) is 11.8 Å². The fraction of sp³-hybridized carbons (Fsp3) is 0.412. The highest BCUT2D eigenvalue weighted by Crippen LogP contribution is 2.23. The normalized spacial score (nSPS) is 11.9. The Labute approximate surface area is 156 Å². The van der Waals surface area contributed by atoms with Crippen molar-refractivity contribution in [3.63, 3.8) is 0 Å². The zero-order chi connectivity index (χ0) is 19.1. The van der Waals surface area contributed by atoms with Gasteiger partial charge in [-0.3, -0.25) is 10.1 Å². The molecule has 26 heavy (non-hydrogen) atoms. The van der Waals surface area contributed by atoms with Crippen molar-refractivity contribution in [2.24, 2.45) is 0 Å². The van der Waals surface area contributed by atoms with Crippen LogP contribution in [0, 0.1) is 0 Å². The first kappa shape index (κ1) is 19.8. The van der Waals surface area contributed by atoms with Crippen LogP contribution in [0.2, 0.25) is 0 Å². The smallest absolute Gasteiger partial charge is 0.321 e. The summed E-state index contributed by atoms with van der Waals surface area (Å²) in [5, 5.41) is 12.5. The maximum absolute atomic E-state index is 12.0. The Morgan fingerprint density at radius 1 is 1.19 bits per heavy atom. The minimum atomic E-state index is -0.554. The highest BCUT2D eigenvalue weighted by molar-refractivity contribution is 8.00. The molecule has 1 aromatic heterocycles. The van der Waals surface area contributed by atoms with E-state index in [1.54, 1.807) is 14.0 Å². The van der Waals surface area contributed by atoms with Gasteiger partial charge in [0.25, 0.3) is 5.22 Å². The van der Waals surface area contributed by atoms with Gasteiger partial charge in [0, 0.05) is 6.04 Å². The van der Waals surface area contributed by atoms with Gasteiger partial charge in [0.05, 0.1) is 18.8 Å². The molecule has 0 bridgehead atoms. The first-order valence-corrected chi connectivity index (χ1v) is 8.98. The summed E-state index contributed by atoms with van der Waals surface area (Å²) < 4.78 is 10.7. The van der Waals surface area contributed by atoms with Gasteiger partial charge >= 0.3 is 6.03 Å². The Kier molecular flexibility index (Phi) is 7.02. The van der Waals surface area contributed by atoms with Gasteiger partial charge in [-0.25, -0.2) is 4.79 Å². The molecule has 0 saturated carbocycles. The standard InChI is InChI=1S/C17H22N4O4S/c1-10(2)18-16(23)19-15(22)11(3)26-17-21-20-14(25-17)9-12-5-7-13(24-4)8-6-12/h5-8,10-11H,9H2,1-4H3,(H2,18,19,22,23)/t11-/m0/s1. The van der Waals surface area contributed by atoms with Gasteiger partial charge in [0.1, 0.15) is 5.75 Å². The Morgan fingerprint density at radius 3 is 2.50 bits per heavy atom. The quantitative estimate of drug-likeness (QED) is 0.712. The lowest BCUT2D eigenvalue weighted by Gasteiger charge is -2.11. The molecule has 0 radical (unpaired) electrons. The Hall–Kier alpha value is -2.55. The number of nitrogens with one attached hydrogen (secondary N) is 2. The number of ether oxygens (including phenoxy) is 1. The van der Waals surface area contributed by atoms with E-state index in [0.717, 1.165) is 23.1 Å². The largest absolute Gasteiger partial charge is 0.497 e. The van der Waals surface area contributed by atoms with E-state index >= 15 is 0 Å². The molecule has 8 nitrogen and oxygen atoms in total. The van der Waals surface area contributed by atoms with Crippen LogP contribution >= 0.6 is 11.8 Å². The summed E-state index contributed by atoms with van der Waals surface area (Å²) in [4.78, 5) is 23.6. The van der Waals surface area contributed by atoms with Crippen molar-refractivity contribution in [3.05, 3.63) is 35.7 Å². The van der Waals surface area contributed by atoms with Crippen molar-refractivity contribution in [3.8, 4) is 5.75 Å². The molecule has 1 aromatic carbocycles. The number of aromatic nitrogens is 2. The average Bonchev–Trinajstić information content (AvgIpc) is 3.01. The molecule has 0 aliphatic rings. The van der Waals surface area contributed by atoms with Crippen LogP contribution in [0.25, 0.3) is 0 Å². The van der Waals surface area contributed by atoms with Crippen LogP contribution in [-0.4, -0.2) is 40.5 Å². The highest BCUT2D eigenvalue weighted by Gasteiger charge is 2.20. The van der Waals surface area contributed by atoms with Crippen LogP contribution in [-0.2, 0) is 11.2 Å². The summed E-state index contributed by atoms with van der Waals surface area (Å²) in [7, 11) is 1.61. The van der Waals surface area contributed by atoms with Crippen LogP contribution in [0.5, 0.6) is 5.75 Å². The van der Waals surface area contributed by atoms with Crippen LogP contribution in [0.1, 0.15) is 32.2 Å². The molecule has 2 rings (SSSR count). The second-order valence-electron chi connectivity index (χ2n) is 5.86. The number of amides is 3. The first-order valence-electron chi connectivity index (χ1n) is 8.10. The molecule has 2 N–H and O–H groups in total. The number of urea groups is 1. The van der Waals surface area contributed by atoms with E-state index < -0.39 is 17.2 Å². The van der Waals surface area contributed by atoms with Gasteiger partial charge in [-0.15, -0.1) is 10.2 Å². The van der Waals surface area contributed by atoms with Crippen molar-refractivity contribution in [1.82, 2.24) is 20.8 Å². The summed E-state index contributed by atoms with van der Waals surface area (Å²) in [5.41, 5.74) is 1.00. The maximum atomic E-state index is 12.0. The van der Waals surface area contributed by atoms with Crippen LogP contribution in [0.15, 0.2) is 33.9 Å². The second kappa shape index (κ2) is 9.23. The molecule has 1 heterocycles. The van der Waals surface area contributed by atoms with E-state index in [-0.39, 0.29) is 11.3 Å². The number of imide groups is 1. The molecular weight excluding hydrogens is 356 g/mol. The Morgan fingerprint density at radius 2 is 1.88 bits per heavy atom. The lowest BCUT2D eigenvalue weighted by molar-refractivity contribution is -0.119. The second-order valence-corrected chi connectivity index (χ2v) is 7.16. The zero-order valence-electron chi connectivity index (χ0n) is 15.1. The van der Waals surface area contributed by atoms with Gasteiger partial charge in [-0.2, -0.15) is 0 Å². The molecule has 0 aliphatic heterocycles. The molecule has 2 aromatic rings. The minimum Gasteiger partial charge on any atom is -0.497 e. The number of methoxy groups -OCH3 is 1. The summed E-state index contributed by atoms with van der Waals surface area (Å²) in [5.74, 6) is 0.794. The van der Waals surface area contributed by atoms with E-state index in [4.69, 9.17) is 9.15 Å². The van der Waals surface area contributed by atoms with Crippen molar-refractivity contribution in [1.29, 1.82) is 0 Å². The molecule has 9 heteroatoms. The number of carbonyl (C=O) groups excluding carboxylic acids is 2. The van der Waals surface area contributed by atoms with Gasteiger partial charge in [0.15, 0.2) is 0 Å². The number of rotatable bonds is 7. The third-order valence-electron chi connectivity index (χ3n) is 3.27. The Bertz CT molecular complexity index is 745. The third-order valence-corrected chi connectivity index (χ3v) is 4.20. The summed E-state index contributed by atoms with van der Waals surface area (Å²) in [6.07, 6.45) is 0.481. The van der Waals surface area contributed by atoms with E-state index in [1.165, 1.54) is 0 Å². The summed E-state index contributed by atoms with van der Waals surface area (Å²) >= 11 is 1.10. The number of thioether (sulfide) groups is 1. The predicted octanol–water partition coefficient (Wildman–Crippen LogP) is 2.38. The molecular formula is C17H22N4O4S. The van der Waals surface area contributed by atoms with E-state index in [0.29, 0.717) is 12.3 Å². The van der Waals surface area contributed by atoms with Crippen molar-refractivity contribution in [2.45, 2.75) is 43.7 Å². The monoisotopic (exact) mass is 378 g/mol. The number of benzene rings is 1. The first-order chi connectivity index (χ1) is 12.4. The molecule has 0 spiro atoms. The molecule has 3 amide bonds. The lowest BCUT2D eigenvalue weighted by atomic mass is 10.1. The number of carbonyl (C=O) groups is 2. The van der Waals surface area contributed by atoms with Crippen molar-refractivity contribution >= 4 is 23.7 Å². The zero-order valence-corrected chi connectivity index (χ0v) is 15.9. The average molecular weight is 378 g/mol. The summed E-state index contributed by atoms with van der Waals surface area (Å²) in [6, 6.07) is 6.97. The SMILES string of the molecule is COc1ccc(Cc2nnc(S[C@@H](C)C(=O)NC(=O)NC(C)C)o2)cc1. The highest BCUT2D eigenvalue weighted by atomic mass is 32.2. The molecule has 140 valence electrons. The van der Waals surface area contributed by atoms with Crippen LogP contribution < -0.4 is 15.4 Å². The third kappa shape index (κ3) is 6.07. The minimum absolute atomic E-state index is 0.0535. The number of hydrogen-bond donors (Lipinski definition) is 2. The maximum Gasteiger partial charge on any atom is 0.321 e. The number of hydrogen-bond acceptors (Lipinski definition) is 7. The van der Waals surface area contributed by atoms with E-state index in [2.05, 4.69) is 20.8 Å². The van der Waals surface area contributed by atoms with Crippen LogP contribution in [0.4, 0.5) is 4.79 Å². The van der Waals surface area contributed by atoms with Crippen LogP contribution in [0.3, 0.4) is 0 Å². The van der Waals surface area contributed by atoms with Gasteiger partial charge in [-0.1, -0.05) is 23.9 Å². The van der Waals surface area contributed by atoms with Gasteiger partial charge in [-0.05, 0) is 38.5 Å². The number of nitrogens with zero attached hydrogens (tertiary/aromatic N) is 2. The van der Waals surface area contributed by atoms with E-state index in [1.807, 2.05) is 38.1 Å². The molecule has 0 aliphatic carbocycles. The molecule has 0 unspecified atom stereocenters. The topological polar surface area (TPSA) is 106 Å². The van der Waals surface area contributed by atoms with E-state index in [9.17, 15) is 9.59 Å².